The Morgan fingerprint density at radius 1 is 0.706 bits per heavy atom. The molecule has 0 radical (unpaired) electrons. The third kappa shape index (κ3) is 8.14. The van der Waals surface area contributed by atoms with Crippen LogP contribution in [0, 0.1) is 6.92 Å². The van der Waals surface area contributed by atoms with Gasteiger partial charge in [0.2, 0.25) is 0 Å². The topological polar surface area (TPSA) is 7.76 Å². The summed E-state index contributed by atoms with van der Waals surface area (Å²) in [5, 5.41) is 0. The average Bonchev–Trinajstić information content (AvgIpc) is 2.25. The Hall–Kier alpha value is -1.70. The Balaban J connectivity index is 0. The van der Waals surface area contributed by atoms with E-state index in [1.54, 1.807) is 0 Å². The van der Waals surface area contributed by atoms with Gasteiger partial charge in [0.15, 0.2) is 24.8 Å². The largest absolute Gasteiger partial charge is 0.208 e. The molecule has 0 saturated carbocycles. The van der Waals surface area contributed by atoms with E-state index < -0.39 is 0 Å². The first-order chi connectivity index (χ1) is 7.18. The molecule has 0 amide bonds. The van der Waals surface area contributed by atoms with Gasteiger partial charge in [0.25, 0.3) is 0 Å². The van der Waals surface area contributed by atoms with Crippen LogP contribution < -0.4 is 9.13 Å². The van der Waals surface area contributed by atoms with Gasteiger partial charge in [0.05, 0.1) is 0 Å². The average molecular weight is 234 g/mol. The smallest absolute Gasteiger partial charge is 0.168 e. The van der Waals surface area contributed by atoms with Crippen LogP contribution >= 0.6 is 0 Å². The van der Waals surface area contributed by atoms with Crippen LogP contribution in [0.3, 0.4) is 0 Å². The summed E-state index contributed by atoms with van der Waals surface area (Å²) in [5.41, 5.74) is 1.31. The highest BCUT2D eigenvalue weighted by molar-refractivity contribution is 5.02. The summed E-state index contributed by atoms with van der Waals surface area (Å²) in [7, 11) is 4.01. The lowest BCUT2D eigenvalue weighted by Gasteiger charge is -1.85. The number of hydrogen-bond donors (Lipinski definition) is 0. The molecule has 0 fully saturated rings. The molecule has 0 bridgehead atoms. The zero-order valence-electron chi connectivity index (χ0n) is 9.59. The van der Waals surface area contributed by atoms with E-state index in [1.807, 2.05) is 66.2 Å². The van der Waals surface area contributed by atoms with Crippen molar-refractivity contribution < 1.29 is 9.13 Å². The number of hydrogen-bond acceptors (Lipinski definition) is 0. The molecule has 2 aromatic heterocycles. The molecule has 0 aromatic carbocycles. The SMILES string of the molecule is C.C.C[n+]1ccccc1.Cc1cc[n+](C)cc1. The molecule has 2 heterocycles. The molecule has 0 aliphatic rings. The number of rotatable bonds is 0. The standard InChI is InChI=1S/C7H10N.C6H8N.2CH4/c1-7-3-5-8(2)6-4-7;1-7-5-3-2-4-6-7;;/h3-6H,1-2H3;2-6H,1H3;2*1H4/q2*+1;;. The molecule has 0 saturated heterocycles. The number of pyridine rings is 2. The molecule has 0 spiro atoms. The highest BCUT2D eigenvalue weighted by Crippen LogP contribution is 1.87. The molecule has 94 valence electrons. The quantitative estimate of drug-likeness (QED) is 0.619. The van der Waals surface area contributed by atoms with Crippen LogP contribution in [0.1, 0.15) is 20.4 Å². The van der Waals surface area contributed by atoms with Crippen molar-refractivity contribution in [2.75, 3.05) is 0 Å². The van der Waals surface area contributed by atoms with Crippen LogP contribution in [0.4, 0.5) is 0 Å². The van der Waals surface area contributed by atoms with Crippen molar-refractivity contribution in [1.82, 2.24) is 0 Å². The fourth-order valence-electron chi connectivity index (χ4n) is 1.06. The lowest BCUT2D eigenvalue weighted by molar-refractivity contribution is -0.671. The summed E-state index contributed by atoms with van der Waals surface area (Å²) < 4.78 is 4.02. The maximum Gasteiger partial charge on any atom is 0.168 e. The lowest BCUT2D eigenvalue weighted by Crippen LogP contribution is -2.25. The van der Waals surface area contributed by atoms with Crippen LogP contribution in [0.25, 0.3) is 0 Å². The monoisotopic (exact) mass is 234 g/mol. The molecule has 0 aliphatic heterocycles. The fourth-order valence-corrected chi connectivity index (χ4v) is 1.06. The normalized spacial score (nSPS) is 7.94. The number of aromatic nitrogens is 2. The maximum absolute atomic E-state index is 2.08. The second-order valence-electron chi connectivity index (χ2n) is 3.58. The highest BCUT2D eigenvalue weighted by atomic mass is 14.9. The van der Waals surface area contributed by atoms with Gasteiger partial charge >= 0.3 is 0 Å². The number of aryl methyl sites for hydroxylation is 3. The van der Waals surface area contributed by atoms with Crippen molar-refractivity contribution in [1.29, 1.82) is 0 Å². The molecule has 2 heteroatoms. The van der Waals surface area contributed by atoms with Crippen molar-refractivity contribution in [3.05, 3.63) is 60.7 Å². The van der Waals surface area contributed by atoms with Crippen LogP contribution in [-0.4, -0.2) is 0 Å². The Bertz CT molecular complexity index is 358. The third-order valence-corrected chi connectivity index (χ3v) is 2.01. The second-order valence-corrected chi connectivity index (χ2v) is 3.58. The molecule has 0 aliphatic carbocycles. The van der Waals surface area contributed by atoms with Crippen molar-refractivity contribution in [3.63, 3.8) is 0 Å². The Morgan fingerprint density at radius 2 is 1.12 bits per heavy atom. The van der Waals surface area contributed by atoms with Crippen LogP contribution in [-0.2, 0) is 14.1 Å². The molecule has 2 nitrogen and oxygen atoms in total. The van der Waals surface area contributed by atoms with Gasteiger partial charge in [-0.05, 0) is 12.5 Å². The van der Waals surface area contributed by atoms with E-state index in [2.05, 4.69) is 19.1 Å². The van der Waals surface area contributed by atoms with Crippen molar-refractivity contribution in [3.8, 4) is 0 Å². The lowest BCUT2D eigenvalue weighted by atomic mass is 10.3. The van der Waals surface area contributed by atoms with E-state index in [9.17, 15) is 0 Å². The van der Waals surface area contributed by atoms with Gasteiger partial charge in [-0.3, -0.25) is 0 Å². The van der Waals surface area contributed by atoms with E-state index in [-0.39, 0.29) is 14.9 Å². The van der Waals surface area contributed by atoms with Gasteiger partial charge < -0.3 is 0 Å². The number of nitrogens with zero attached hydrogens (tertiary/aromatic N) is 2. The Morgan fingerprint density at radius 3 is 1.41 bits per heavy atom. The van der Waals surface area contributed by atoms with Crippen LogP contribution in [0.15, 0.2) is 55.1 Å². The Labute approximate surface area is 106 Å². The third-order valence-electron chi connectivity index (χ3n) is 2.01. The van der Waals surface area contributed by atoms with Crippen LogP contribution in [0.5, 0.6) is 0 Å². The first kappa shape index (κ1) is 17.7. The van der Waals surface area contributed by atoms with Gasteiger partial charge in [0, 0.05) is 24.3 Å². The molecule has 0 unspecified atom stereocenters. The minimum absolute atomic E-state index is 0. The van der Waals surface area contributed by atoms with Gasteiger partial charge in [-0.1, -0.05) is 20.9 Å². The minimum atomic E-state index is 0. The van der Waals surface area contributed by atoms with Crippen LogP contribution in [0.2, 0.25) is 0 Å². The maximum atomic E-state index is 2.08. The summed E-state index contributed by atoms with van der Waals surface area (Å²) in [5.74, 6) is 0. The first-order valence-electron chi connectivity index (χ1n) is 5.00. The molecule has 17 heavy (non-hydrogen) atoms. The van der Waals surface area contributed by atoms with E-state index in [4.69, 9.17) is 0 Å². The van der Waals surface area contributed by atoms with Gasteiger partial charge in [0.1, 0.15) is 14.1 Å². The molecule has 2 rings (SSSR count). The summed E-state index contributed by atoms with van der Waals surface area (Å²) in [6.45, 7) is 2.08. The molecule has 2 aromatic rings. The summed E-state index contributed by atoms with van der Waals surface area (Å²) in [6.07, 6.45) is 8.07. The molecular weight excluding hydrogens is 208 g/mol. The highest BCUT2D eigenvalue weighted by Gasteiger charge is 1.85. The van der Waals surface area contributed by atoms with Crippen molar-refractivity contribution in [2.45, 2.75) is 21.8 Å². The zero-order chi connectivity index (χ0) is 11.1. The van der Waals surface area contributed by atoms with E-state index in [1.165, 1.54) is 5.56 Å². The molecular formula is C15H26N2+2. The van der Waals surface area contributed by atoms with E-state index in [0.717, 1.165) is 0 Å². The Kier molecular flexibility index (Phi) is 9.91. The molecule has 0 N–H and O–H groups in total. The van der Waals surface area contributed by atoms with E-state index in [0.29, 0.717) is 0 Å². The summed E-state index contributed by atoms with van der Waals surface area (Å²) in [6, 6.07) is 10.2. The van der Waals surface area contributed by atoms with Crippen molar-refractivity contribution in [2.24, 2.45) is 14.1 Å². The second kappa shape index (κ2) is 9.52. The summed E-state index contributed by atoms with van der Waals surface area (Å²) >= 11 is 0. The predicted molar refractivity (Wildman–Crippen MR) is 73.4 cm³/mol. The first-order valence-corrected chi connectivity index (χ1v) is 5.00. The summed E-state index contributed by atoms with van der Waals surface area (Å²) in [4.78, 5) is 0. The predicted octanol–water partition coefficient (Wildman–Crippen LogP) is 2.60. The van der Waals surface area contributed by atoms with E-state index >= 15 is 0 Å². The zero-order valence-corrected chi connectivity index (χ0v) is 9.59. The van der Waals surface area contributed by atoms with Crippen molar-refractivity contribution >= 4 is 0 Å². The molecule has 0 atom stereocenters. The van der Waals surface area contributed by atoms with Gasteiger partial charge in [-0.15, -0.1) is 0 Å². The minimum Gasteiger partial charge on any atom is -0.208 e. The van der Waals surface area contributed by atoms with Gasteiger partial charge in [-0.25, -0.2) is 9.13 Å². The fraction of sp³-hybridized carbons (Fsp3) is 0.333. The van der Waals surface area contributed by atoms with Gasteiger partial charge in [-0.2, -0.15) is 0 Å².